The quantitative estimate of drug-likeness (QED) is 0.828. The molecule has 0 heterocycles. The van der Waals surface area contributed by atoms with Crippen LogP contribution in [0, 0.1) is 0 Å². The Hall–Kier alpha value is -1.12. The molecule has 1 nitrogen and oxygen atoms in total. The number of benzene rings is 2. The van der Waals surface area contributed by atoms with Gasteiger partial charge in [0.15, 0.2) is 0 Å². The molecular formula is C18H20BrN. The van der Waals surface area contributed by atoms with Crippen molar-refractivity contribution >= 4 is 15.9 Å². The molecule has 0 radical (unpaired) electrons. The van der Waals surface area contributed by atoms with Gasteiger partial charge in [-0.05, 0) is 54.1 Å². The van der Waals surface area contributed by atoms with Crippen molar-refractivity contribution in [1.82, 2.24) is 5.32 Å². The summed E-state index contributed by atoms with van der Waals surface area (Å²) >= 11 is 3.58. The van der Waals surface area contributed by atoms with E-state index in [0.717, 1.165) is 11.0 Å². The number of rotatable bonds is 5. The van der Waals surface area contributed by atoms with Crippen LogP contribution < -0.4 is 5.32 Å². The Morgan fingerprint density at radius 1 is 1.20 bits per heavy atom. The van der Waals surface area contributed by atoms with Crippen molar-refractivity contribution in [2.75, 3.05) is 6.54 Å². The van der Waals surface area contributed by atoms with E-state index in [-0.39, 0.29) is 0 Å². The molecule has 2 atom stereocenters. The van der Waals surface area contributed by atoms with Crippen molar-refractivity contribution in [1.29, 1.82) is 0 Å². The fourth-order valence-corrected chi connectivity index (χ4v) is 3.58. The number of halogens is 1. The van der Waals surface area contributed by atoms with Crippen molar-refractivity contribution in [2.45, 2.75) is 31.7 Å². The second kappa shape index (κ2) is 6.11. The molecule has 1 N–H and O–H groups in total. The molecule has 1 aliphatic rings. The van der Waals surface area contributed by atoms with E-state index in [9.17, 15) is 0 Å². The molecule has 0 saturated carbocycles. The number of hydrogen-bond donors (Lipinski definition) is 1. The predicted molar refractivity (Wildman–Crippen MR) is 88.1 cm³/mol. The maximum Gasteiger partial charge on any atom is 0.0326 e. The van der Waals surface area contributed by atoms with E-state index in [0.29, 0.717) is 12.0 Å². The lowest BCUT2D eigenvalue weighted by molar-refractivity contribution is 0.436. The summed E-state index contributed by atoms with van der Waals surface area (Å²) in [5, 5.41) is 3.64. The SMILES string of the molecule is CCNC(CC1Cc2ccccc21)c1cccc(Br)c1. The van der Waals surface area contributed by atoms with Gasteiger partial charge in [-0.25, -0.2) is 0 Å². The van der Waals surface area contributed by atoms with E-state index in [4.69, 9.17) is 0 Å². The normalized spacial score (nSPS) is 18.2. The Balaban J connectivity index is 1.76. The summed E-state index contributed by atoms with van der Waals surface area (Å²) in [5.41, 5.74) is 4.46. The third kappa shape index (κ3) is 2.82. The standard InChI is InChI=1S/C18H20BrN/c1-2-20-18(14-7-5-8-16(19)11-14)12-15-10-13-6-3-4-9-17(13)15/h3-9,11,15,18,20H,2,10,12H2,1H3. The average Bonchev–Trinajstić information content (AvgIpc) is 2.43. The van der Waals surface area contributed by atoms with Crippen LogP contribution >= 0.6 is 15.9 Å². The summed E-state index contributed by atoms with van der Waals surface area (Å²) in [6, 6.07) is 18.0. The Kier molecular flexibility index (Phi) is 4.23. The summed E-state index contributed by atoms with van der Waals surface area (Å²) in [6.45, 7) is 3.19. The van der Waals surface area contributed by atoms with E-state index < -0.39 is 0 Å². The lowest BCUT2D eigenvalue weighted by atomic mass is 9.74. The van der Waals surface area contributed by atoms with Crippen LogP contribution in [-0.4, -0.2) is 6.54 Å². The van der Waals surface area contributed by atoms with Gasteiger partial charge in [-0.1, -0.05) is 59.3 Å². The largest absolute Gasteiger partial charge is 0.310 e. The Morgan fingerprint density at radius 2 is 2.05 bits per heavy atom. The first kappa shape index (κ1) is 13.8. The van der Waals surface area contributed by atoms with E-state index in [1.165, 1.54) is 24.0 Å². The average molecular weight is 330 g/mol. The fourth-order valence-electron chi connectivity index (χ4n) is 3.16. The first-order valence-corrected chi connectivity index (χ1v) is 8.14. The molecular weight excluding hydrogens is 310 g/mol. The van der Waals surface area contributed by atoms with Gasteiger partial charge < -0.3 is 5.32 Å². The molecule has 2 heteroatoms. The van der Waals surface area contributed by atoms with Crippen molar-refractivity contribution in [2.24, 2.45) is 0 Å². The molecule has 0 fully saturated rings. The number of hydrogen-bond acceptors (Lipinski definition) is 1. The summed E-state index contributed by atoms with van der Waals surface area (Å²) in [7, 11) is 0. The van der Waals surface area contributed by atoms with Gasteiger partial charge in [0.25, 0.3) is 0 Å². The minimum absolute atomic E-state index is 0.441. The number of fused-ring (bicyclic) bond motifs is 1. The molecule has 0 aromatic heterocycles. The third-order valence-electron chi connectivity index (χ3n) is 4.18. The smallest absolute Gasteiger partial charge is 0.0326 e. The van der Waals surface area contributed by atoms with Gasteiger partial charge in [-0.3, -0.25) is 0 Å². The van der Waals surface area contributed by atoms with Crippen LogP contribution in [0.4, 0.5) is 0 Å². The second-order valence-corrected chi connectivity index (χ2v) is 6.42. The Morgan fingerprint density at radius 3 is 2.80 bits per heavy atom. The Bertz CT molecular complexity index is 593. The molecule has 0 bridgehead atoms. The van der Waals surface area contributed by atoms with E-state index in [1.54, 1.807) is 5.56 Å². The first-order valence-electron chi connectivity index (χ1n) is 7.34. The zero-order chi connectivity index (χ0) is 13.9. The number of nitrogens with one attached hydrogen (secondary N) is 1. The minimum Gasteiger partial charge on any atom is -0.310 e. The van der Waals surface area contributed by atoms with Gasteiger partial charge in [-0.15, -0.1) is 0 Å². The highest BCUT2D eigenvalue weighted by molar-refractivity contribution is 9.10. The third-order valence-corrected chi connectivity index (χ3v) is 4.68. The summed E-state index contributed by atoms with van der Waals surface area (Å²) in [5.74, 6) is 0.703. The van der Waals surface area contributed by atoms with Crippen molar-refractivity contribution in [3.8, 4) is 0 Å². The highest BCUT2D eigenvalue weighted by atomic mass is 79.9. The molecule has 2 aromatic rings. The maximum absolute atomic E-state index is 3.64. The summed E-state index contributed by atoms with van der Waals surface area (Å²) in [6.07, 6.45) is 2.41. The molecule has 3 rings (SSSR count). The van der Waals surface area contributed by atoms with Crippen LogP contribution in [0.2, 0.25) is 0 Å². The van der Waals surface area contributed by atoms with Crippen LogP contribution in [0.5, 0.6) is 0 Å². The van der Waals surface area contributed by atoms with Crippen LogP contribution in [0.15, 0.2) is 53.0 Å². The molecule has 0 amide bonds. The second-order valence-electron chi connectivity index (χ2n) is 5.50. The van der Waals surface area contributed by atoms with E-state index >= 15 is 0 Å². The van der Waals surface area contributed by atoms with E-state index in [1.807, 2.05) is 0 Å². The van der Waals surface area contributed by atoms with Crippen molar-refractivity contribution in [3.63, 3.8) is 0 Å². The van der Waals surface area contributed by atoms with Gasteiger partial charge in [0.05, 0.1) is 0 Å². The van der Waals surface area contributed by atoms with Gasteiger partial charge in [0, 0.05) is 10.5 Å². The Labute approximate surface area is 129 Å². The zero-order valence-corrected chi connectivity index (χ0v) is 13.4. The highest BCUT2D eigenvalue weighted by Crippen LogP contribution is 2.40. The van der Waals surface area contributed by atoms with Crippen LogP contribution in [-0.2, 0) is 6.42 Å². The molecule has 0 aliphatic heterocycles. The molecule has 0 saturated heterocycles. The van der Waals surface area contributed by atoms with Crippen LogP contribution in [0.1, 0.15) is 42.0 Å². The monoisotopic (exact) mass is 329 g/mol. The molecule has 1 aliphatic carbocycles. The predicted octanol–water partition coefficient (Wildman–Crippen LogP) is 4.83. The summed E-state index contributed by atoms with van der Waals surface area (Å²) < 4.78 is 1.16. The van der Waals surface area contributed by atoms with Gasteiger partial charge in [-0.2, -0.15) is 0 Å². The summed E-state index contributed by atoms with van der Waals surface area (Å²) in [4.78, 5) is 0. The van der Waals surface area contributed by atoms with Crippen LogP contribution in [0.25, 0.3) is 0 Å². The van der Waals surface area contributed by atoms with Gasteiger partial charge in [0.1, 0.15) is 0 Å². The molecule has 104 valence electrons. The molecule has 2 aromatic carbocycles. The van der Waals surface area contributed by atoms with Crippen molar-refractivity contribution < 1.29 is 0 Å². The maximum atomic E-state index is 3.64. The minimum atomic E-state index is 0.441. The van der Waals surface area contributed by atoms with E-state index in [2.05, 4.69) is 76.7 Å². The van der Waals surface area contributed by atoms with Crippen molar-refractivity contribution in [3.05, 3.63) is 69.7 Å². The van der Waals surface area contributed by atoms with Gasteiger partial charge >= 0.3 is 0 Å². The molecule has 0 spiro atoms. The molecule has 2 unspecified atom stereocenters. The highest BCUT2D eigenvalue weighted by Gasteiger charge is 2.28. The lowest BCUT2D eigenvalue weighted by Gasteiger charge is -2.33. The lowest BCUT2D eigenvalue weighted by Crippen LogP contribution is -2.27. The fraction of sp³-hybridized carbons (Fsp3) is 0.333. The zero-order valence-electron chi connectivity index (χ0n) is 11.8. The van der Waals surface area contributed by atoms with Gasteiger partial charge in [0.2, 0.25) is 0 Å². The first-order chi connectivity index (χ1) is 9.78. The topological polar surface area (TPSA) is 12.0 Å². The van der Waals surface area contributed by atoms with Crippen LogP contribution in [0.3, 0.4) is 0 Å². The molecule has 20 heavy (non-hydrogen) atoms.